The molecular formula is C16H30O2. The Morgan fingerprint density at radius 3 is 2.33 bits per heavy atom. The maximum atomic E-state index is 5.70. The molecule has 0 aliphatic carbocycles. The highest BCUT2D eigenvalue weighted by atomic mass is 16.7. The highest BCUT2D eigenvalue weighted by Gasteiger charge is 2.10. The van der Waals surface area contributed by atoms with E-state index in [1.165, 1.54) is 32.1 Å². The first-order valence-electron chi connectivity index (χ1n) is 7.24. The minimum Gasteiger partial charge on any atom is -0.359 e. The van der Waals surface area contributed by atoms with E-state index in [1.54, 1.807) is 7.11 Å². The summed E-state index contributed by atoms with van der Waals surface area (Å²) in [6.45, 7) is 4.89. The second-order valence-corrected chi connectivity index (χ2v) is 5.34. The van der Waals surface area contributed by atoms with Gasteiger partial charge in [0.2, 0.25) is 0 Å². The van der Waals surface area contributed by atoms with Gasteiger partial charge in [0.1, 0.15) is 6.79 Å². The van der Waals surface area contributed by atoms with Crippen LogP contribution in [-0.4, -0.2) is 20.0 Å². The zero-order valence-corrected chi connectivity index (χ0v) is 12.4. The number of unbranched alkanes of at least 4 members (excludes halogenated alkanes) is 5. The fraction of sp³-hybridized carbons (Fsp3) is 0.875. The van der Waals surface area contributed by atoms with Crippen LogP contribution < -0.4 is 0 Å². The van der Waals surface area contributed by atoms with Gasteiger partial charge in [-0.05, 0) is 25.2 Å². The molecule has 2 heteroatoms. The summed E-state index contributed by atoms with van der Waals surface area (Å²) in [4.78, 5) is 0. The molecule has 0 rings (SSSR count). The molecule has 18 heavy (non-hydrogen) atoms. The molecule has 0 heterocycles. The molecule has 0 amide bonds. The van der Waals surface area contributed by atoms with Crippen LogP contribution in [0.5, 0.6) is 0 Å². The molecule has 106 valence electrons. The van der Waals surface area contributed by atoms with E-state index in [0.29, 0.717) is 18.8 Å². The minimum atomic E-state index is 0.357. The van der Waals surface area contributed by atoms with Crippen LogP contribution in [0.4, 0.5) is 0 Å². The summed E-state index contributed by atoms with van der Waals surface area (Å²) in [5.41, 5.74) is 0. The van der Waals surface area contributed by atoms with Crippen molar-refractivity contribution in [2.24, 2.45) is 5.92 Å². The van der Waals surface area contributed by atoms with Crippen LogP contribution in [0.3, 0.4) is 0 Å². The maximum absolute atomic E-state index is 5.70. The lowest BCUT2D eigenvalue weighted by atomic mass is 10.00. The van der Waals surface area contributed by atoms with E-state index in [1.807, 2.05) is 0 Å². The lowest BCUT2D eigenvalue weighted by Gasteiger charge is -2.19. The van der Waals surface area contributed by atoms with Gasteiger partial charge in [-0.15, -0.1) is 12.3 Å². The summed E-state index contributed by atoms with van der Waals surface area (Å²) in [7, 11) is 1.68. The monoisotopic (exact) mass is 254 g/mol. The first-order valence-corrected chi connectivity index (χ1v) is 7.24. The van der Waals surface area contributed by atoms with E-state index < -0.39 is 0 Å². The second kappa shape index (κ2) is 12.9. The summed E-state index contributed by atoms with van der Waals surface area (Å²) in [6.07, 6.45) is 15.0. The highest BCUT2D eigenvalue weighted by Crippen LogP contribution is 2.16. The third-order valence-corrected chi connectivity index (χ3v) is 3.00. The summed E-state index contributed by atoms with van der Waals surface area (Å²) in [5.74, 6) is 3.37. The predicted molar refractivity (Wildman–Crippen MR) is 77.4 cm³/mol. The van der Waals surface area contributed by atoms with Gasteiger partial charge in [-0.3, -0.25) is 0 Å². The third kappa shape index (κ3) is 12.0. The van der Waals surface area contributed by atoms with Gasteiger partial charge in [0.15, 0.2) is 0 Å². The van der Waals surface area contributed by atoms with Crippen molar-refractivity contribution in [1.29, 1.82) is 0 Å². The average molecular weight is 254 g/mol. The SMILES string of the molecule is C#CCCCCCCC[C@@H](CC(C)C)OCOC. The number of rotatable bonds is 12. The minimum absolute atomic E-state index is 0.357. The van der Waals surface area contributed by atoms with Crippen LogP contribution in [-0.2, 0) is 9.47 Å². The Morgan fingerprint density at radius 1 is 1.06 bits per heavy atom. The first kappa shape index (κ1) is 17.5. The largest absolute Gasteiger partial charge is 0.359 e. The molecule has 0 N–H and O–H groups in total. The molecule has 1 atom stereocenters. The van der Waals surface area contributed by atoms with Crippen LogP contribution in [0, 0.1) is 18.3 Å². The van der Waals surface area contributed by atoms with Gasteiger partial charge in [-0.25, -0.2) is 0 Å². The summed E-state index contributed by atoms with van der Waals surface area (Å²) >= 11 is 0. The van der Waals surface area contributed by atoms with E-state index in [9.17, 15) is 0 Å². The van der Waals surface area contributed by atoms with E-state index in [0.717, 1.165) is 19.3 Å². The van der Waals surface area contributed by atoms with Crippen molar-refractivity contribution in [2.75, 3.05) is 13.9 Å². The van der Waals surface area contributed by atoms with E-state index in [4.69, 9.17) is 15.9 Å². The fourth-order valence-corrected chi connectivity index (χ4v) is 2.09. The average Bonchev–Trinajstić information content (AvgIpc) is 2.34. The van der Waals surface area contributed by atoms with Crippen LogP contribution >= 0.6 is 0 Å². The number of terminal acetylenes is 1. The Kier molecular flexibility index (Phi) is 12.6. The highest BCUT2D eigenvalue weighted by molar-refractivity contribution is 4.82. The molecule has 0 unspecified atom stereocenters. The molecule has 0 saturated heterocycles. The molecule has 0 aliphatic rings. The van der Waals surface area contributed by atoms with Gasteiger partial charge >= 0.3 is 0 Å². The Labute approximate surface area is 113 Å². The van der Waals surface area contributed by atoms with Crippen molar-refractivity contribution < 1.29 is 9.47 Å². The number of ether oxygens (including phenoxy) is 2. The summed E-state index contributed by atoms with van der Waals surface area (Å²) in [6, 6.07) is 0. The Hall–Kier alpha value is -0.520. The molecule has 0 radical (unpaired) electrons. The summed E-state index contributed by atoms with van der Waals surface area (Å²) < 4.78 is 10.7. The van der Waals surface area contributed by atoms with Crippen molar-refractivity contribution in [2.45, 2.75) is 71.3 Å². The van der Waals surface area contributed by atoms with E-state index in [-0.39, 0.29) is 0 Å². The van der Waals surface area contributed by atoms with E-state index in [2.05, 4.69) is 19.8 Å². The molecular weight excluding hydrogens is 224 g/mol. The Balaban J connectivity index is 3.53. The van der Waals surface area contributed by atoms with Crippen molar-refractivity contribution in [3.63, 3.8) is 0 Å². The molecule has 2 nitrogen and oxygen atoms in total. The van der Waals surface area contributed by atoms with Crippen LogP contribution in [0.1, 0.15) is 65.2 Å². The van der Waals surface area contributed by atoms with Gasteiger partial charge in [-0.2, -0.15) is 0 Å². The topological polar surface area (TPSA) is 18.5 Å². The van der Waals surface area contributed by atoms with Crippen LogP contribution in [0.2, 0.25) is 0 Å². The number of hydrogen-bond donors (Lipinski definition) is 0. The van der Waals surface area contributed by atoms with Crippen LogP contribution in [0.15, 0.2) is 0 Å². The third-order valence-electron chi connectivity index (χ3n) is 3.00. The molecule has 0 spiro atoms. The van der Waals surface area contributed by atoms with Crippen molar-refractivity contribution in [1.82, 2.24) is 0 Å². The Morgan fingerprint density at radius 2 is 1.72 bits per heavy atom. The van der Waals surface area contributed by atoms with Crippen molar-refractivity contribution in [3.8, 4) is 12.3 Å². The zero-order valence-electron chi connectivity index (χ0n) is 12.4. The lowest BCUT2D eigenvalue weighted by molar-refractivity contribution is -0.0803. The smallest absolute Gasteiger partial charge is 0.146 e. The number of methoxy groups -OCH3 is 1. The Bertz CT molecular complexity index is 206. The second-order valence-electron chi connectivity index (χ2n) is 5.34. The van der Waals surface area contributed by atoms with Gasteiger partial charge in [0.25, 0.3) is 0 Å². The molecule has 0 aromatic heterocycles. The molecule has 0 aromatic rings. The quantitative estimate of drug-likeness (QED) is 0.292. The van der Waals surface area contributed by atoms with Crippen LogP contribution in [0.25, 0.3) is 0 Å². The van der Waals surface area contributed by atoms with Gasteiger partial charge in [-0.1, -0.05) is 39.5 Å². The molecule has 0 bridgehead atoms. The van der Waals surface area contributed by atoms with Gasteiger partial charge < -0.3 is 9.47 Å². The summed E-state index contributed by atoms with van der Waals surface area (Å²) in [5, 5.41) is 0. The number of hydrogen-bond acceptors (Lipinski definition) is 2. The fourth-order valence-electron chi connectivity index (χ4n) is 2.09. The van der Waals surface area contributed by atoms with Gasteiger partial charge in [0, 0.05) is 13.5 Å². The first-order chi connectivity index (χ1) is 8.70. The zero-order chi connectivity index (χ0) is 13.6. The maximum Gasteiger partial charge on any atom is 0.146 e. The molecule has 0 saturated carbocycles. The molecule has 0 aliphatic heterocycles. The lowest BCUT2D eigenvalue weighted by Crippen LogP contribution is -2.17. The van der Waals surface area contributed by atoms with Crippen molar-refractivity contribution in [3.05, 3.63) is 0 Å². The van der Waals surface area contributed by atoms with E-state index >= 15 is 0 Å². The molecule has 0 fully saturated rings. The standard InChI is InChI=1S/C16H30O2/c1-5-6-7-8-9-10-11-12-16(13-15(2)3)18-14-17-4/h1,15-16H,6-14H2,2-4H3/t16-/m0/s1. The predicted octanol–water partition coefficient (Wildman–Crippen LogP) is 4.39. The molecule has 0 aromatic carbocycles. The van der Waals surface area contributed by atoms with Gasteiger partial charge in [0.05, 0.1) is 6.10 Å². The normalized spacial score (nSPS) is 12.6. The van der Waals surface area contributed by atoms with Crippen molar-refractivity contribution >= 4 is 0 Å².